The molecule has 0 atom stereocenters. The largest absolute Gasteiger partial charge is 0.456 e. The van der Waals surface area contributed by atoms with E-state index in [9.17, 15) is 5.26 Å². The van der Waals surface area contributed by atoms with Crippen molar-refractivity contribution < 1.29 is 4.42 Å². The number of hydrogen-bond acceptors (Lipinski definition) is 3. The Hall–Kier alpha value is -5.92. The molecule has 2 aromatic heterocycles. The van der Waals surface area contributed by atoms with Crippen molar-refractivity contribution >= 4 is 50.0 Å². The van der Waals surface area contributed by atoms with Crippen LogP contribution < -0.4 is 0 Å². The predicted molar refractivity (Wildman–Crippen MR) is 174 cm³/mol. The molecular formula is C39H23N3O. The maximum Gasteiger partial charge on any atom is 0.135 e. The van der Waals surface area contributed by atoms with Gasteiger partial charge in [-0.05, 0) is 94.4 Å². The Labute approximate surface area is 247 Å². The summed E-state index contributed by atoms with van der Waals surface area (Å²) < 4.78 is 8.38. The molecule has 0 unspecified atom stereocenters. The van der Waals surface area contributed by atoms with Crippen molar-refractivity contribution in [3.05, 3.63) is 138 Å². The Morgan fingerprint density at radius 3 is 2.35 bits per heavy atom. The molecule has 43 heavy (non-hydrogen) atoms. The smallest absolute Gasteiger partial charge is 0.135 e. The summed E-state index contributed by atoms with van der Waals surface area (Å²) in [7, 11) is 0. The number of para-hydroxylation sites is 1. The molecule has 4 heteroatoms. The van der Waals surface area contributed by atoms with E-state index in [2.05, 4.69) is 95.6 Å². The molecule has 1 aliphatic rings. The van der Waals surface area contributed by atoms with Crippen LogP contribution in [0.5, 0.6) is 0 Å². The van der Waals surface area contributed by atoms with Gasteiger partial charge in [-0.2, -0.15) is 5.26 Å². The summed E-state index contributed by atoms with van der Waals surface area (Å²) >= 11 is 0. The molecule has 2 heterocycles. The van der Waals surface area contributed by atoms with Crippen LogP contribution in [0.4, 0.5) is 0 Å². The second-order valence-electron chi connectivity index (χ2n) is 11.2. The first-order valence-corrected chi connectivity index (χ1v) is 14.4. The number of hydrogen-bond donors (Lipinski definition) is 1. The third kappa shape index (κ3) is 3.34. The molecule has 0 aliphatic heterocycles. The van der Waals surface area contributed by atoms with Gasteiger partial charge in [0.2, 0.25) is 0 Å². The van der Waals surface area contributed by atoms with Gasteiger partial charge in [0, 0.05) is 39.0 Å². The molecule has 0 saturated heterocycles. The molecular weight excluding hydrogens is 526 g/mol. The quantitative estimate of drug-likeness (QED) is 0.223. The predicted octanol–water partition coefficient (Wildman–Crippen LogP) is 9.79. The number of nitrogens with zero attached hydrogens (tertiary/aromatic N) is 2. The lowest BCUT2D eigenvalue weighted by molar-refractivity contribution is 0.669. The second kappa shape index (κ2) is 8.79. The molecule has 6 aromatic carbocycles. The van der Waals surface area contributed by atoms with Gasteiger partial charge in [-0.25, -0.2) is 0 Å². The molecule has 1 N–H and O–H groups in total. The SMILES string of the molecule is N#Cc1ccc(-n2c3ccc(-c4ccc5oc6ccccc6c5c4)cc3c3c4c(ccc32)-c2ccccc2C4)cc1C=N. The molecule has 1 aliphatic carbocycles. The van der Waals surface area contributed by atoms with E-state index in [1.54, 1.807) is 0 Å². The van der Waals surface area contributed by atoms with Crippen molar-refractivity contribution in [3.63, 3.8) is 0 Å². The number of nitriles is 1. The lowest BCUT2D eigenvalue weighted by atomic mass is 9.97. The van der Waals surface area contributed by atoms with Crippen LogP contribution in [0.15, 0.2) is 120 Å². The number of fused-ring (bicyclic) bond motifs is 10. The Balaban J connectivity index is 1.34. The molecule has 0 spiro atoms. The zero-order valence-corrected chi connectivity index (χ0v) is 23.1. The number of aromatic nitrogens is 1. The molecule has 200 valence electrons. The minimum atomic E-state index is 0.500. The van der Waals surface area contributed by atoms with E-state index in [0.717, 1.165) is 56.2 Å². The summed E-state index contributed by atoms with van der Waals surface area (Å²) in [6.45, 7) is 0. The van der Waals surface area contributed by atoms with E-state index >= 15 is 0 Å². The van der Waals surface area contributed by atoms with E-state index in [1.807, 2.05) is 30.3 Å². The summed E-state index contributed by atoms with van der Waals surface area (Å²) in [6.07, 6.45) is 2.15. The van der Waals surface area contributed by atoms with Crippen LogP contribution >= 0.6 is 0 Å². The summed E-state index contributed by atoms with van der Waals surface area (Å²) in [5.41, 5.74) is 13.6. The van der Waals surface area contributed by atoms with Crippen molar-refractivity contribution in [1.29, 1.82) is 10.7 Å². The Morgan fingerprint density at radius 1 is 0.698 bits per heavy atom. The Bertz CT molecular complexity index is 2520. The zero-order chi connectivity index (χ0) is 28.7. The van der Waals surface area contributed by atoms with Gasteiger partial charge in [-0.15, -0.1) is 0 Å². The molecule has 0 bridgehead atoms. The average Bonchev–Trinajstić information content (AvgIpc) is 3.73. The first-order valence-electron chi connectivity index (χ1n) is 14.4. The lowest BCUT2D eigenvalue weighted by Crippen LogP contribution is -1.97. The molecule has 8 aromatic rings. The molecule has 9 rings (SSSR count). The van der Waals surface area contributed by atoms with Gasteiger partial charge in [0.25, 0.3) is 0 Å². The van der Waals surface area contributed by atoms with Crippen LogP contribution in [0.1, 0.15) is 22.3 Å². The topological polar surface area (TPSA) is 65.7 Å². The Morgan fingerprint density at radius 2 is 1.47 bits per heavy atom. The van der Waals surface area contributed by atoms with E-state index in [-0.39, 0.29) is 0 Å². The van der Waals surface area contributed by atoms with Crippen LogP contribution in [0.3, 0.4) is 0 Å². The normalized spacial score (nSPS) is 12.2. The minimum Gasteiger partial charge on any atom is -0.456 e. The maximum atomic E-state index is 9.59. The summed E-state index contributed by atoms with van der Waals surface area (Å²) in [5.74, 6) is 0. The van der Waals surface area contributed by atoms with Crippen molar-refractivity contribution in [2.75, 3.05) is 0 Å². The molecule has 0 fully saturated rings. The van der Waals surface area contributed by atoms with Crippen molar-refractivity contribution in [2.45, 2.75) is 6.42 Å². The fraction of sp³-hybridized carbons (Fsp3) is 0.0256. The number of furan rings is 1. The van der Waals surface area contributed by atoms with Crippen molar-refractivity contribution in [3.8, 4) is 34.0 Å². The standard InChI is InChI=1S/C39H23N3O/c40-21-26-9-12-28(17-27(26)22-41)42-35-14-10-23(24-11-16-38-32(18-24)31-7-3-4-8-37(31)43-38)19-34(35)39-33-20-25-5-1-2-6-29(25)30(33)13-15-36(39)42/h1-19,22,41H,20H2. The van der Waals surface area contributed by atoms with E-state index in [0.29, 0.717) is 11.1 Å². The van der Waals surface area contributed by atoms with Crippen LogP contribution in [-0.4, -0.2) is 10.8 Å². The fourth-order valence-corrected chi connectivity index (χ4v) is 7.02. The van der Waals surface area contributed by atoms with Gasteiger partial charge in [-0.3, -0.25) is 0 Å². The van der Waals surface area contributed by atoms with Gasteiger partial charge < -0.3 is 14.4 Å². The first-order chi connectivity index (χ1) is 21.2. The Kier molecular flexibility index (Phi) is 4.85. The third-order valence-electron chi connectivity index (χ3n) is 8.99. The lowest BCUT2D eigenvalue weighted by Gasteiger charge is -2.10. The number of nitrogens with one attached hydrogen (secondary N) is 1. The first kappa shape index (κ1) is 23.8. The highest BCUT2D eigenvalue weighted by molar-refractivity contribution is 6.15. The zero-order valence-electron chi connectivity index (χ0n) is 23.1. The van der Waals surface area contributed by atoms with Crippen LogP contribution in [-0.2, 0) is 6.42 Å². The molecule has 0 radical (unpaired) electrons. The van der Waals surface area contributed by atoms with Crippen LogP contribution in [0, 0.1) is 16.7 Å². The highest BCUT2D eigenvalue weighted by Gasteiger charge is 2.24. The van der Waals surface area contributed by atoms with Crippen LogP contribution in [0.25, 0.3) is 71.7 Å². The molecule has 0 saturated carbocycles. The minimum absolute atomic E-state index is 0.500. The van der Waals surface area contributed by atoms with E-state index < -0.39 is 0 Å². The molecule has 0 amide bonds. The van der Waals surface area contributed by atoms with E-state index in [1.165, 1.54) is 39.2 Å². The second-order valence-corrected chi connectivity index (χ2v) is 11.2. The van der Waals surface area contributed by atoms with Crippen LogP contribution in [0.2, 0.25) is 0 Å². The van der Waals surface area contributed by atoms with E-state index in [4.69, 9.17) is 9.83 Å². The number of benzene rings is 6. The number of rotatable bonds is 3. The summed E-state index contributed by atoms with van der Waals surface area (Å²) in [5, 5.41) is 22.2. The van der Waals surface area contributed by atoms with Crippen molar-refractivity contribution in [1.82, 2.24) is 4.57 Å². The fourth-order valence-electron chi connectivity index (χ4n) is 7.02. The third-order valence-corrected chi connectivity index (χ3v) is 8.99. The summed E-state index contributed by atoms with van der Waals surface area (Å²) in [6, 6.07) is 42.5. The van der Waals surface area contributed by atoms with Crippen molar-refractivity contribution in [2.24, 2.45) is 0 Å². The van der Waals surface area contributed by atoms with Gasteiger partial charge in [0.15, 0.2) is 0 Å². The highest BCUT2D eigenvalue weighted by Crippen LogP contribution is 2.45. The van der Waals surface area contributed by atoms with Gasteiger partial charge in [-0.1, -0.05) is 60.7 Å². The van der Waals surface area contributed by atoms with Gasteiger partial charge in [0.1, 0.15) is 11.2 Å². The monoisotopic (exact) mass is 549 g/mol. The van der Waals surface area contributed by atoms with Gasteiger partial charge in [0.05, 0.1) is 22.7 Å². The summed E-state index contributed by atoms with van der Waals surface area (Å²) in [4.78, 5) is 0. The highest BCUT2D eigenvalue weighted by atomic mass is 16.3. The molecule has 4 nitrogen and oxygen atoms in total. The average molecular weight is 550 g/mol. The maximum absolute atomic E-state index is 9.59. The van der Waals surface area contributed by atoms with Gasteiger partial charge >= 0.3 is 0 Å².